The quantitative estimate of drug-likeness (QED) is 0.826. The minimum Gasteiger partial charge on any atom is -0.489 e. The molecule has 0 aliphatic carbocycles. The van der Waals surface area contributed by atoms with Crippen molar-refractivity contribution in [2.75, 3.05) is 7.05 Å². The Morgan fingerprint density at radius 2 is 2.00 bits per heavy atom. The van der Waals surface area contributed by atoms with Crippen molar-refractivity contribution in [3.05, 3.63) is 29.6 Å². The van der Waals surface area contributed by atoms with Crippen LogP contribution in [0.3, 0.4) is 0 Å². The zero-order valence-corrected chi connectivity index (χ0v) is 9.67. The number of aryl methyl sites for hydroxylation is 1. The van der Waals surface area contributed by atoms with Gasteiger partial charge in [0.05, 0.1) is 0 Å². The molecule has 84 valence electrons. The van der Waals surface area contributed by atoms with Crippen molar-refractivity contribution in [2.24, 2.45) is 0 Å². The molecule has 0 aliphatic rings. The Balaban J connectivity index is 2.68. The van der Waals surface area contributed by atoms with Gasteiger partial charge >= 0.3 is 0 Å². The number of benzene rings is 1. The number of likely N-dealkylation sites (N-methyl/N-ethyl adjacent to an activating group) is 1. The van der Waals surface area contributed by atoms with Crippen LogP contribution in [0.5, 0.6) is 5.75 Å². The van der Waals surface area contributed by atoms with E-state index < -0.39 is 0 Å². The fraction of sp³-hybridized carbons (Fsp3) is 0.500. The Hall–Kier alpha value is -1.09. The topological polar surface area (TPSA) is 21.3 Å². The van der Waals surface area contributed by atoms with Crippen molar-refractivity contribution in [1.82, 2.24) is 5.32 Å². The highest BCUT2D eigenvalue weighted by Gasteiger charge is 2.11. The Morgan fingerprint density at radius 3 is 2.53 bits per heavy atom. The molecule has 0 radical (unpaired) electrons. The molecule has 0 aliphatic heterocycles. The van der Waals surface area contributed by atoms with Gasteiger partial charge < -0.3 is 10.1 Å². The largest absolute Gasteiger partial charge is 0.489 e. The van der Waals surface area contributed by atoms with Crippen molar-refractivity contribution in [2.45, 2.75) is 32.9 Å². The summed E-state index contributed by atoms with van der Waals surface area (Å²) in [4.78, 5) is 0. The average molecular weight is 211 g/mol. The first-order chi connectivity index (χ1) is 7.04. The Kier molecular flexibility index (Phi) is 4.09. The molecule has 1 N–H and O–H groups in total. The van der Waals surface area contributed by atoms with E-state index in [4.69, 9.17) is 4.74 Å². The molecule has 0 heterocycles. The third-order valence-corrected chi connectivity index (χ3v) is 2.62. The number of hydrogen-bond acceptors (Lipinski definition) is 2. The van der Waals surface area contributed by atoms with Crippen LogP contribution in [0.4, 0.5) is 4.39 Å². The van der Waals surface area contributed by atoms with Crippen molar-refractivity contribution in [3.63, 3.8) is 0 Å². The van der Waals surface area contributed by atoms with Gasteiger partial charge in [0.1, 0.15) is 17.7 Å². The summed E-state index contributed by atoms with van der Waals surface area (Å²) in [6.45, 7) is 5.72. The van der Waals surface area contributed by atoms with Gasteiger partial charge in [0, 0.05) is 12.1 Å². The van der Waals surface area contributed by atoms with E-state index in [-0.39, 0.29) is 18.0 Å². The minimum absolute atomic E-state index is 0.0112. The molecule has 0 fully saturated rings. The summed E-state index contributed by atoms with van der Waals surface area (Å²) in [7, 11) is 1.88. The molecular formula is C12H18FNO. The predicted molar refractivity (Wildman–Crippen MR) is 59.7 cm³/mol. The van der Waals surface area contributed by atoms with E-state index in [0.717, 1.165) is 0 Å². The van der Waals surface area contributed by atoms with E-state index >= 15 is 0 Å². The number of nitrogens with one attached hydrogen (secondary N) is 1. The first kappa shape index (κ1) is 12.0. The van der Waals surface area contributed by atoms with Crippen molar-refractivity contribution in [3.8, 4) is 5.75 Å². The number of hydrogen-bond donors (Lipinski definition) is 1. The van der Waals surface area contributed by atoms with Gasteiger partial charge in [-0.3, -0.25) is 0 Å². The second-order valence-electron chi connectivity index (χ2n) is 3.81. The molecule has 0 bridgehead atoms. The maximum Gasteiger partial charge on any atom is 0.129 e. The van der Waals surface area contributed by atoms with Crippen LogP contribution in [0.2, 0.25) is 0 Å². The van der Waals surface area contributed by atoms with Gasteiger partial charge in [-0.1, -0.05) is 6.07 Å². The van der Waals surface area contributed by atoms with Gasteiger partial charge in [-0.15, -0.1) is 0 Å². The van der Waals surface area contributed by atoms with E-state index in [1.165, 1.54) is 6.07 Å². The summed E-state index contributed by atoms with van der Waals surface area (Å²) in [5, 5.41) is 3.09. The SMILES string of the molecule is CNC(C)C(C)Oc1ccc(C)c(F)c1. The molecule has 0 amide bonds. The lowest BCUT2D eigenvalue weighted by Gasteiger charge is -2.21. The summed E-state index contributed by atoms with van der Waals surface area (Å²) in [5.41, 5.74) is 0.636. The van der Waals surface area contributed by atoms with Crippen LogP contribution in [-0.4, -0.2) is 19.2 Å². The third-order valence-electron chi connectivity index (χ3n) is 2.62. The molecule has 0 aromatic heterocycles. The second kappa shape index (κ2) is 5.12. The van der Waals surface area contributed by atoms with E-state index in [0.29, 0.717) is 11.3 Å². The molecule has 1 aromatic rings. The lowest BCUT2D eigenvalue weighted by Crippen LogP contribution is -2.36. The Bertz CT molecular complexity index is 327. The first-order valence-electron chi connectivity index (χ1n) is 5.14. The smallest absolute Gasteiger partial charge is 0.129 e. The Labute approximate surface area is 90.4 Å². The summed E-state index contributed by atoms with van der Waals surface area (Å²) in [6.07, 6.45) is 0.0112. The van der Waals surface area contributed by atoms with Crippen LogP contribution in [-0.2, 0) is 0 Å². The molecule has 1 rings (SSSR count). The summed E-state index contributed by atoms with van der Waals surface area (Å²) in [6, 6.07) is 5.17. The van der Waals surface area contributed by atoms with Crippen LogP contribution >= 0.6 is 0 Å². The van der Waals surface area contributed by atoms with E-state index in [1.54, 1.807) is 19.1 Å². The van der Waals surface area contributed by atoms with Gasteiger partial charge in [0.2, 0.25) is 0 Å². The third kappa shape index (κ3) is 3.20. The zero-order chi connectivity index (χ0) is 11.4. The van der Waals surface area contributed by atoms with E-state index in [2.05, 4.69) is 5.32 Å². The fourth-order valence-corrected chi connectivity index (χ4v) is 1.20. The minimum atomic E-state index is -0.225. The molecule has 0 spiro atoms. The second-order valence-corrected chi connectivity index (χ2v) is 3.81. The van der Waals surface area contributed by atoms with E-state index in [9.17, 15) is 4.39 Å². The van der Waals surface area contributed by atoms with Crippen LogP contribution in [0.1, 0.15) is 19.4 Å². The summed E-state index contributed by atoms with van der Waals surface area (Å²) >= 11 is 0. The number of ether oxygens (including phenoxy) is 1. The van der Waals surface area contributed by atoms with Crippen molar-refractivity contribution >= 4 is 0 Å². The number of rotatable bonds is 4. The first-order valence-corrected chi connectivity index (χ1v) is 5.14. The van der Waals surface area contributed by atoms with Gasteiger partial charge in [-0.2, -0.15) is 0 Å². The van der Waals surface area contributed by atoms with Gasteiger partial charge in [-0.25, -0.2) is 4.39 Å². The lowest BCUT2D eigenvalue weighted by molar-refractivity contribution is 0.182. The molecule has 0 saturated carbocycles. The van der Waals surface area contributed by atoms with Crippen LogP contribution in [0.25, 0.3) is 0 Å². The van der Waals surface area contributed by atoms with Crippen molar-refractivity contribution in [1.29, 1.82) is 0 Å². The maximum absolute atomic E-state index is 13.2. The van der Waals surface area contributed by atoms with Crippen LogP contribution in [0.15, 0.2) is 18.2 Å². The molecule has 2 nitrogen and oxygen atoms in total. The molecule has 15 heavy (non-hydrogen) atoms. The van der Waals surface area contributed by atoms with Crippen LogP contribution in [0, 0.1) is 12.7 Å². The fourth-order valence-electron chi connectivity index (χ4n) is 1.20. The highest BCUT2D eigenvalue weighted by molar-refractivity contribution is 5.28. The maximum atomic E-state index is 13.2. The molecule has 0 saturated heterocycles. The highest BCUT2D eigenvalue weighted by Crippen LogP contribution is 2.17. The predicted octanol–water partition coefficient (Wildman–Crippen LogP) is 2.51. The number of halogens is 1. The van der Waals surface area contributed by atoms with Gasteiger partial charge in [0.15, 0.2) is 0 Å². The monoisotopic (exact) mass is 211 g/mol. The average Bonchev–Trinajstić information content (AvgIpc) is 2.22. The zero-order valence-electron chi connectivity index (χ0n) is 9.67. The molecule has 1 aromatic carbocycles. The standard InChI is InChI=1S/C12H18FNO/c1-8-5-6-11(7-12(8)13)15-10(3)9(2)14-4/h5-7,9-10,14H,1-4H3. The molecule has 3 heteroatoms. The lowest BCUT2D eigenvalue weighted by atomic mass is 10.2. The van der Waals surface area contributed by atoms with Gasteiger partial charge in [-0.05, 0) is 39.4 Å². The normalized spacial score (nSPS) is 14.7. The molecular weight excluding hydrogens is 193 g/mol. The summed E-state index contributed by atoms with van der Waals surface area (Å²) in [5.74, 6) is 0.351. The Morgan fingerprint density at radius 1 is 1.33 bits per heavy atom. The van der Waals surface area contributed by atoms with E-state index in [1.807, 2.05) is 20.9 Å². The molecule has 2 unspecified atom stereocenters. The van der Waals surface area contributed by atoms with Crippen LogP contribution < -0.4 is 10.1 Å². The highest BCUT2D eigenvalue weighted by atomic mass is 19.1. The van der Waals surface area contributed by atoms with Gasteiger partial charge in [0.25, 0.3) is 0 Å². The van der Waals surface area contributed by atoms with Crippen molar-refractivity contribution < 1.29 is 9.13 Å². The molecule has 2 atom stereocenters. The summed E-state index contributed by atoms with van der Waals surface area (Å²) < 4.78 is 18.8.